The highest BCUT2D eigenvalue weighted by molar-refractivity contribution is 5.68. The second-order valence-electron chi connectivity index (χ2n) is 4.16. The molecule has 1 aromatic rings. The molecule has 17 heavy (non-hydrogen) atoms. The number of hydrogen-bond acceptors (Lipinski definition) is 3. The molecule has 1 rings (SSSR count). The quantitative estimate of drug-likeness (QED) is 0.630. The molecule has 3 nitrogen and oxygen atoms in total. The molecule has 2 N–H and O–H groups in total. The Bertz CT molecular complexity index is 384. The Hall–Kier alpha value is -1.22. The maximum Gasteiger partial charge on any atom is 0.0675 e. The summed E-state index contributed by atoms with van der Waals surface area (Å²) in [5, 5.41) is 1.92. The minimum absolute atomic E-state index is 0.829. The minimum atomic E-state index is 0.829. The summed E-state index contributed by atoms with van der Waals surface area (Å²) in [7, 11) is 1.71. The number of hydrogen-bond donors (Lipinski definition) is 1. The standard InChI is InChI=1S/C14H24N2O/c1-6-11-9-13(16(8-3)17-5)12(7-2)10(4)14(11)15/h9H,6-8,15H2,1-5H3. The zero-order chi connectivity index (χ0) is 13.0. The summed E-state index contributed by atoms with van der Waals surface area (Å²) in [6, 6.07) is 2.16. The molecule has 0 aliphatic rings. The van der Waals surface area contributed by atoms with E-state index in [0.717, 1.165) is 30.8 Å². The molecule has 0 saturated heterocycles. The van der Waals surface area contributed by atoms with Crippen LogP contribution in [0, 0.1) is 6.92 Å². The summed E-state index contributed by atoms with van der Waals surface area (Å²) in [6.07, 6.45) is 1.92. The van der Waals surface area contributed by atoms with Gasteiger partial charge in [0.1, 0.15) is 0 Å². The van der Waals surface area contributed by atoms with Gasteiger partial charge in [-0.2, -0.15) is 0 Å². The first-order valence-electron chi connectivity index (χ1n) is 6.33. The van der Waals surface area contributed by atoms with Crippen LogP contribution in [0.1, 0.15) is 37.5 Å². The number of nitrogens with two attached hydrogens (primary N) is 1. The molecule has 0 radical (unpaired) electrons. The Morgan fingerprint density at radius 1 is 1.24 bits per heavy atom. The Labute approximate surface area is 105 Å². The van der Waals surface area contributed by atoms with Gasteiger partial charge in [-0.15, -0.1) is 0 Å². The van der Waals surface area contributed by atoms with Crippen LogP contribution in [0.2, 0.25) is 0 Å². The fourth-order valence-electron chi connectivity index (χ4n) is 2.28. The molecule has 3 heteroatoms. The molecule has 0 aliphatic heterocycles. The lowest BCUT2D eigenvalue weighted by Gasteiger charge is -2.25. The van der Waals surface area contributed by atoms with Gasteiger partial charge in [-0.1, -0.05) is 13.8 Å². The van der Waals surface area contributed by atoms with E-state index in [-0.39, 0.29) is 0 Å². The van der Waals surface area contributed by atoms with Gasteiger partial charge in [-0.25, -0.2) is 0 Å². The summed E-state index contributed by atoms with van der Waals surface area (Å²) in [5.41, 5.74) is 11.9. The van der Waals surface area contributed by atoms with E-state index < -0.39 is 0 Å². The summed E-state index contributed by atoms with van der Waals surface area (Å²) in [5.74, 6) is 0. The first-order valence-corrected chi connectivity index (χ1v) is 6.33. The zero-order valence-electron chi connectivity index (χ0n) is 11.6. The highest BCUT2D eigenvalue weighted by Crippen LogP contribution is 2.32. The average molecular weight is 236 g/mol. The van der Waals surface area contributed by atoms with E-state index in [1.54, 1.807) is 7.11 Å². The Morgan fingerprint density at radius 2 is 1.88 bits per heavy atom. The van der Waals surface area contributed by atoms with Crippen LogP contribution in [0.15, 0.2) is 6.07 Å². The van der Waals surface area contributed by atoms with E-state index in [9.17, 15) is 0 Å². The maximum absolute atomic E-state index is 6.16. The van der Waals surface area contributed by atoms with Gasteiger partial charge in [0.15, 0.2) is 0 Å². The Balaban J connectivity index is 3.41. The van der Waals surface area contributed by atoms with Crippen LogP contribution in [0.3, 0.4) is 0 Å². The second kappa shape index (κ2) is 5.92. The maximum atomic E-state index is 6.16. The van der Waals surface area contributed by atoms with E-state index in [4.69, 9.17) is 10.6 Å². The van der Waals surface area contributed by atoms with Crippen LogP contribution in [-0.4, -0.2) is 13.7 Å². The highest BCUT2D eigenvalue weighted by Gasteiger charge is 2.15. The summed E-state index contributed by atoms with van der Waals surface area (Å²) < 4.78 is 0. The predicted octanol–water partition coefficient (Wildman–Crippen LogP) is 3.09. The molecule has 0 saturated carbocycles. The van der Waals surface area contributed by atoms with Crippen molar-refractivity contribution < 1.29 is 4.84 Å². The third-order valence-electron chi connectivity index (χ3n) is 3.33. The van der Waals surface area contributed by atoms with Crippen LogP contribution in [-0.2, 0) is 17.7 Å². The summed E-state index contributed by atoms with van der Waals surface area (Å²) in [6.45, 7) is 9.29. The molecule has 0 amide bonds. The largest absolute Gasteiger partial charge is 0.398 e. The van der Waals surface area contributed by atoms with Crippen molar-refractivity contribution in [3.63, 3.8) is 0 Å². The van der Waals surface area contributed by atoms with Crippen LogP contribution >= 0.6 is 0 Å². The molecule has 0 bridgehead atoms. The molecule has 0 heterocycles. The molecule has 0 aliphatic carbocycles. The van der Waals surface area contributed by atoms with Gasteiger partial charge in [0, 0.05) is 12.2 Å². The third kappa shape index (κ3) is 2.55. The highest BCUT2D eigenvalue weighted by atomic mass is 16.7. The Morgan fingerprint density at radius 3 is 2.29 bits per heavy atom. The average Bonchev–Trinajstić information content (AvgIpc) is 2.35. The van der Waals surface area contributed by atoms with Gasteiger partial charge in [-0.05, 0) is 49.4 Å². The summed E-state index contributed by atoms with van der Waals surface area (Å²) >= 11 is 0. The number of rotatable bonds is 5. The van der Waals surface area contributed by atoms with Gasteiger partial charge in [-0.3, -0.25) is 9.90 Å². The van der Waals surface area contributed by atoms with Crippen molar-refractivity contribution in [2.24, 2.45) is 0 Å². The second-order valence-corrected chi connectivity index (χ2v) is 4.16. The first kappa shape index (κ1) is 13.8. The SMILES string of the molecule is CCc1cc(N(CC)OC)c(CC)c(C)c1N. The van der Waals surface area contributed by atoms with Crippen molar-refractivity contribution >= 4 is 11.4 Å². The van der Waals surface area contributed by atoms with Gasteiger partial charge in [0.05, 0.1) is 12.8 Å². The van der Waals surface area contributed by atoms with E-state index in [1.165, 1.54) is 16.7 Å². The number of hydroxylamine groups is 1. The van der Waals surface area contributed by atoms with E-state index >= 15 is 0 Å². The molecule has 0 spiro atoms. The van der Waals surface area contributed by atoms with Crippen molar-refractivity contribution in [3.05, 3.63) is 22.8 Å². The zero-order valence-corrected chi connectivity index (χ0v) is 11.6. The topological polar surface area (TPSA) is 38.5 Å². The van der Waals surface area contributed by atoms with Gasteiger partial charge in [0.25, 0.3) is 0 Å². The lowest BCUT2D eigenvalue weighted by Crippen LogP contribution is -2.23. The molecule has 1 aromatic carbocycles. The predicted molar refractivity (Wildman–Crippen MR) is 74.4 cm³/mol. The number of nitrogens with zero attached hydrogens (tertiary/aromatic N) is 1. The molecule has 0 atom stereocenters. The van der Waals surface area contributed by atoms with Gasteiger partial charge < -0.3 is 5.73 Å². The van der Waals surface area contributed by atoms with Gasteiger partial charge >= 0.3 is 0 Å². The first-order chi connectivity index (χ1) is 8.10. The smallest absolute Gasteiger partial charge is 0.0675 e. The van der Waals surface area contributed by atoms with Crippen molar-refractivity contribution in [2.45, 2.75) is 40.5 Å². The molecular weight excluding hydrogens is 212 g/mol. The van der Waals surface area contributed by atoms with Crippen LogP contribution in [0.4, 0.5) is 11.4 Å². The fraction of sp³-hybridized carbons (Fsp3) is 0.571. The minimum Gasteiger partial charge on any atom is -0.398 e. The van der Waals surface area contributed by atoms with Crippen molar-refractivity contribution in [1.82, 2.24) is 0 Å². The normalized spacial score (nSPS) is 10.6. The molecule has 0 fully saturated rings. The number of benzene rings is 1. The lowest BCUT2D eigenvalue weighted by atomic mass is 9.96. The lowest BCUT2D eigenvalue weighted by molar-refractivity contribution is 0.170. The fourth-order valence-corrected chi connectivity index (χ4v) is 2.28. The van der Waals surface area contributed by atoms with Gasteiger partial charge in [0.2, 0.25) is 0 Å². The molecule has 0 aromatic heterocycles. The van der Waals surface area contributed by atoms with Crippen LogP contribution < -0.4 is 10.8 Å². The summed E-state index contributed by atoms with van der Waals surface area (Å²) in [4.78, 5) is 5.41. The number of aryl methyl sites for hydroxylation is 1. The molecule has 96 valence electrons. The molecule has 0 unspecified atom stereocenters. The van der Waals surface area contributed by atoms with E-state index in [0.29, 0.717) is 0 Å². The van der Waals surface area contributed by atoms with E-state index in [2.05, 4.69) is 33.8 Å². The molecular formula is C14H24N2O. The van der Waals surface area contributed by atoms with Crippen molar-refractivity contribution in [3.8, 4) is 0 Å². The number of anilines is 2. The third-order valence-corrected chi connectivity index (χ3v) is 3.33. The van der Waals surface area contributed by atoms with Crippen LogP contribution in [0.5, 0.6) is 0 Å². The van der Waals surface area contributed by atoms with Crippen molar-refractivity contribution in [2.75, 3.05) is 24.5 Å². The monoisotopic (exact) mass is 236 g/mol. The number of nitrogen functional groups attached to an aromatic ring is 1. The van der Waals surface area contributed by atoms with Crippen molar-refractivity contribution in [1.29, 1.82) is 0 Å². The van der Waals surface area contributed by atoms with E-state index in [1.807, 2.05) is 5.06 Å². The Kier molecular flexibility index (Phi) is 4.82. The van der Waals surface area contributed by atoms with Crippen LogP contribution in [0.25, 0.3) is 0 Å².